The molecule has 1 aliphatic carbocycles. The van der Waals surface area contributed by atoms with Gasteiger partial charge in [0, 0.05) is 24.5 Å². The summed E-state index contributed by atoms with van der Waals surface area (Å²) in [5, 5.41) is 2.93. The van der Waals surface area contributed by atoms with E-state index >= 15 is 0 Å². The number of aromatic nitrogens is 1. The average molecular weight is 364 g/mol. The number of esters is 1. The highest BCUT2D eigenvalue weighted by molar-refractivity contribution is 5.91. The van der Waals surface area contributed by atoms with E-state index in [4.69, 9.17) is 9.47 Å². The van der Waals surface area contributed by atoms with Crippen LogP contribution in [0.2, 0.25) is 0 Å². The molecule has 0 spiro atoms. The molecule has 1 aromatic heterocycles. The fourth-order valence-electron chi connectivity index (χ4n) is 3.44. The van der Waals surface area contributed by atoms with E-state index in [1.54, 1.807) is 13.0 Å². The molecule has 1 amide bonds. The minimum Gasteiger partial charge on any atom is -0.462 e. The number of nitrogens with zero attached hydrogens (tertiary/aromatic N) is 1. The van der Waals surface area contributed by atoms with Gasteiger partial charge in [-0.2, -0.15) is 0 Å². The van der Waals surface area contributed by atoms with Crippen molar-refractivity contribution in [1.82, 2.24) is 9.88 Å². The van der Waals surface area contributed by atoms with Gasteiger partial charge in [-0.15, -0.1) is 0 Å². The van der Waals surface area contributed by atoms with Crippen molar-refractivity contribution >= 4 is 11.9 Å². The van der Waals surface area contributed by atoms with Crippen LogP contribution < -0.4 is 5.32 Å². The van der Waals surface area contributed by atoms with Crippen LogP contribution in [0.3, 0.4) is 0 Å². The number of carbonyl (C=O) groups is 2. The molecule has 0 atom stereocenters. The van der Waals surface area contributed by atoms with Gasteiger partial charge in [0.15, 0.2) is 0 Å². The van der Waals surface area contributed by atoms with Gasteiger partial charge in [-0.25, -0.2) is 4.79 Å². The number of rotatable bonds is 9. The largest absolute Gasteiger partial charge is 0.462 e. The highest BCUT2D eigenvalue weighted by atomic mass is 16.5. The monoisotopic (exact) mass is 364 g/mol. The summed E-state index contributed by atoms with van der Waals surface area (Å²) in [7, 11) is 0. The fraction of sp³-hybridized carbons (Fsp3) is 0.700. The van der Waals surface area contributed by atoms with Crippen LogP contribution in [-0.4, -0.2) is 42.3 Å². The number of amides is 1. The zero-order valence-corrected chi connectivity index (χ0v) is 16.3. The van der Waals surface area contributed by atoms with Gasteiger partial charge >= 0.3 is 5.97 Å². The maximum Gasteiger partial charge on any atom is 0.339 e. The smallest absolute Gasteiger partial charge is 0.339 e. The van der Waals surface area contributed by atoms with E-state index in [-0.39, 0.29) is 18.4 Å². The molecule has 146 valence electrons. The van der Waals surface area contributed by atoms with Crippen LogP contribution in [0.5, 0.6) is 0 Å². The third-order valence-corrected chi connectivity index (χ3v) is 4.92. The number of nitrogens with one attached hydrogen (secondary N) is 1. The van der Waals surface area contributed by atoms with Crippen molar-refractivity contribution in [3.05, 3.63) is 23.0 Å². The number of carbonyl (C=O) groups excluding carboxylic acids is 2. The molecule has 0 saturated heterocycles. The van der Waals surface area contributed by atoms with Crippen LogP contribution in [0, 0.1) is 13.8 Å². The molecule has 6 heteroatoms. The number of hydrogen-bond acceptors (Lipinski definition) is 4. The van der Waals surface area contributed by atoms with Crippen LogP contribution in [0.4, 0.5) is 0 Å². The number of aryl methyl sites for hydroxylation is 1. The van der Waals surface area contributed by atoms with Gasteiger partial charge in [0.05, 0.1) is 18.3 Å². The summed E-state index contributed by atoms with van der Waals surface area (Å²) in [6, 6.07) is 1.78. The first kappa shape index (κ1) is 20.5. The van der Waals surface area contributed by atoms with Gasteiger partial charge in [-0.3, -0.25) is 4.79 Å². The maximum atomic E-state index is 12.2. The molecule has 0 radical (unpaired) electrons. The van der Waals surface area contributed by atoms with Gasteiger partial charge in [0.1, 0.15) is 6.54 Å². The van der Waals surface area contributed by atoms with Crippen molar-refractivity contribution in [1.29, 1.82) is 0 Å². The molecule has 0 bridgehead atoms. The predicted octanol–water partition coefficient (Wildman–Crippen LogP) is 3.14. The zero-order valence-electron chi connectivity index (χ0n) is 16.3. The van der Waals surface area contributed by atoms with Crippen molar-refractivity contribution in [2.24, 2.45) is 0 Å². The van der Waals surface area contributed by atoms with Crippen LogP contribution in [0.25, 0.3) is 0 Å². The van der Waals surface area contributed by atoms with Crippen LogP contribution >= 0.6 is 0 Å². The van der Waals surface area contributed by atoms with E-state index in [1.807, 2.05) is 18.4 Å². The first-order valence-corrected chi connectivity index (χ1v) is 9.75. The molecule has 6 nitrogen and oxygen atoms in total. The van der Waals surface area contributed by atoms with E-state index in [0.717, 1.165) is 17.8 Å². The minimum absolute atomic E-state index is 0.0557. The molecule has 0 aliphatic heterocycles. The number of ether oxygens (including phenoxy) is 2. The van der Waals surface area contributed by atoms with Crippen molar-refractivity contribution in [2.45, 2.75) is 71.9 Å². The Kier molecular flexibility index (Phi) is 8.16. The first-order chi connectivity index (χ1) is 12.5. The van der Waals surface area contributed by atoms with Crippen molar-refractivity contribution in [3.8, 4) is 0 Å². The second-order valence-electron chi connectivity index (χ2n) is 6.93. The quantitative estimate of drug-likeness (QED) is 0.540. The van der Waals surface area contributed by atoms with Crippen LogP contribution in [-0.2, 0) is 20.8 Å². The van der Waals surface area contributed by atoms with Crippen molar-refractivity contribution < 1.29 is 19.1 Å². The van der Waals surface area contributed by atoms with Gasteiger partial charge in [0.25, 0.3) is 0 Å². The normalized spacial score (nSPS) is 15.0. The zero-order chi connectivity index (χ0) is 18.9. The number of hydrogen-bond donors (Lipinski definition) is 1. The second-order valence-corrected chi connectivity index (χ2v) is 6.93. The Morgan fingerprint density at radius 3 is 2.65 bits per heavy atom. The van der Waals surface area contributed by atoms with Gasteiger partial charge in [0.2, 0.25) is 5.91 Å². The Morgan fingerprint density at radius 2 is 1.96 bits per heavy atom. The molecule has 1 saturated carbocycles. The predicted molar refractivity (Wildman–Crippen MR) is 100 cm³/mol. The summed E-state index contributed by atoms with van der Waals surface area (Å²) >= 11 is 0. The lowest BCUT2D eigenvalue weighted by Gasteiger charge is -2.21. The Labute approximate surface area is 156 Å². The van der Waals surface area contributed by atoms with E-state index < -0.39 is 0 Å². The second kappa shape index (κ2) is 10.4. The van der Waals surface area contributed by atoms with E-state index in [1.165, 1.54) is 32.1 Å². The summed E-state index contributed by atoms with van der Waals surface area (Å²) in [6.07, 6.45) is 7.43. The molecule has 1 aliphatic rings. The molecule has 1 fully saturated rings. The molecule has 2 rings (SSSR count). The Morgan fingerprint density at radius 1 is 1.23 bits per heavy atom. The minimum atomic E-state index is -0.341. The first-order valence-electron chi connectivity index (χ1n) is 9.75. The van der Waals surface area contributed by atoms with E-state index in [2.05, 4.69) is 5.32 Å². The highest BCUT2D eigenvalue weighted by Crippen LogP contribution is 2.20. The molecule has 26 heavy (non-hydrogen) atoms. The summed E-state index contributed by atoms with van der Waals surface area (Å²) in [5.41, 5.74) is 2.16. The molecule has 1 aromatic rings. The van der Waals surface area contributed by atoms with Gasteiger partial charge < -0.3 is 19.4 Å². The average Bonchev–Trinajstić information content (AvgIpc) is 2.91. The summed E-state index contributed by atoms with van der Waals surface area (Å²) in [6.45, 7) is 7.36. The Balaban J connectivity index is 1.72. The van der Waals surface area contributed by atoms with Gasteiger partial charge in [-0.1, -0.05) is 19.3 Å². The van der Waals surface area contributed by atoms with E-state index in [9.17, 15) is 9.59 Å². The maximum absolute atomic E-state index is 12.2. The standard InChI is InChI=1S/C20H32N2O4/c1-4-25-20(24)18-13-15(2)22(16(18)3)14-19(23)21-11-8-12-26-17-9-6-5-7-10-17/h13,17H,4-12,14H2,1-3H3,(H,21,23). The van der Waals surface area contributed by atoms with E-state index in [0.29, 0.717) is 31.4 Å². The van der Waals surface area contributed by atoms with Gasteiger partial charge in [-0.05, 0) is 46.1 Å². The van der Waals surface area contributed by atoms with Crippen LogP contribution in [0.1, 0.15) is 67.2 Å². The van der Waals surface area contributed by atoms with Crippen molar-refractivity contribution in [2.75, 3.05) is 19.8 Å². The highest BCUT2D eigenvalue weighted by Gasteiger charge is 2.18. The lowest BCUT2D eigenvalue weighted by atomic mass is 9.98. The SMILES string of the molecule is CCOC(=O)c1cc(C)n(CC(=O)NCCCOC2CCCCC2)c1C. The third-order valence-electron chi connectivity index (χ3n) is 4.92. The Bertz CT molecular complexity index is 603. The third kappa shape index (κ3) is 5.87. The summed E-state index contributed by atoms with van der Waals surface area (Å²) in [5.74, 6) is -0.396. The molecule has 0 aromatic carbocycles. The van der Waals surface area contributed by atoms with Crippen LogP contribution in [0.15, 0.2) is 6.07 Å². The Hall–Kier alpha value is -1.82. The summed E-state index contributed by atoms with van der Waals surface area (Å²) < 4.78 is 12.8. The molecule has 1 N–H and O–H groups in total. The molecular formula is C20H32N2O4. The lowest BCUT2D eigenvalue weighted by molar-refractivity contribution is -0.121. The fourth-order valence-corrected chi connectivity index (χ4v) is 3.44. The topological polar surface area (TPSA) is 69.6 Å². The van der Waals surface area contributed by atoms with Crippen molar-refractivity contribution in [3.63, 3.8) is 0 Å². The molecule has 1 heterocycles. The lowest BCUT2D eigenvalue weighted by Crippen LogP contribution is -2.30. The molecule has 0 unspecified atom stereocenters. The molecular weight excluding hydrogens is 332 g/mol. The summed E-state index contributed by atoms with van der Waals surface area (Å²) in [4.78, 5) is 24.1.